The second-order valence-electron chi connectivity index (χ2n) is 4.23. The molecular weight excluding hydrogens is 224 g/mol. The zero-order chi connectivity index (χ0) is 11.1. The number of carbonyl (C=O) groups excluding carboxylic acids is 1. The molecule has 2 aliphatic rings. The molecule has 0 bridgehead atoms. The van der Waals surface area contributed by atoms with Crippen molar-refractivity contribution in [1.29, 1.82) is 0 Å². The summed E-state index contributed by atoms with van der Waals surface area (Å²) in [5.41, 5.74) is 1.79. The molecule has 1 saturated carbocycles. The smallest absolute Gasteiger partial charge is 0.253 e. The molecule has 1 aromatic carbocycles. The summed E-state index contributed by atoms with van der Waals surface area (Å²) >= 11 is 5.90. The first-order valence-electron chi connectivity index (χ1n) is 5.40. The molecule has 1 fully saturated rings. The van der Waals surface area contributed by atoms with Crippen LogP contribution in [0.3, 0.4) is 0 Å². The zero-order valence-electron chi connectivity index (χ0n) is 8.69. The fourth-order valence-electron chi connectivity index (χ4n) is 1.90. The quantitative estimate of drug-likeness (QED) is 0.775. The molecule has 0 spiro atoms. The Morgan fingerprint density at radius 1 is 1.38 bits per heavy atom. The largest absolute Gasteiger partial charge is 0.272 e. The van der Waals surface area contributed by atoms with Gasteiger partial charge in [0.15, 0.2) is 0 Å². The second kappa shape index (κ2) is 3.59. The van der Waals surface area contributed by atoms with Crippen molar-refractivity contribution in [1.82, 2.24) is 0 Å². The van der Waals surface area contributed by atoms with Gasteiger partial charge in [0, 0.05) is 5.02 Å². The van der Waals surface area contributed by atoms with Crippen LogP contribution in [-0.2, 0) is 4.79 Å². The van der Waals surface area contributed by atoms with E-state index in [-0.39, 0.29) is 5.91 Å². The van der Waals surface area contributed by atoms with Crippen LogP contribution in [0, 0.1) is 5.92 Å². The van der Waals surface area contributed by atoms with E-state index in [1.807, 2.05) is 12.1 Å². The molecular formula is C12H11ClN2O. The van der Waals surface area contributed by atoms with E-state index in [1.165, 1.54) is 17.9 Å². The number of halogens is 1. The summed E-state index contributed by atoms with van der Waals surface area (Å²) < 4.78 is 0. The van der Waals surface area contributed by atoms with E-state index < -0.39 is 0 Å². The fraction of sp³-hybridized carbons (Fsp3) is 0.333. The molecule has 0 atom stereocenters. The number of hydrogen-bond acceptors (Lipinski definition) is 2. The molecule has 3 nitrogen and oxygen atoms in total. The van der Waals surface area contributed by atoms with E-state index in [2.05, 4.69) is 5.10 Å². The number of hydrogen-bond donors (Lipinski definition) is 0. The molecule has 3 rings (SSSR count). The summed E-state index contributed by atoms with van der Waals surface area (Å²) in [5, 5.41) is 6.48. The molecule has 16 heavy (non-hydrogen) atoms. The van der Waals surface area contributed by atoms with E-state index in [0.717, 1.165) is 11.4 Å². The van der Waals surface area contributed by atoms with E-state index in [0.29, 0.717) is 17.4 Å². The second-order valence-corrected chi connectivity index (χ2v) is 4.66. The van der Waals surface area contributed by atoms with Gasteiger partial charge in [-0.05, 0) is 37.0 Å². The lowest BCUT2D eigenvalue weighted by Gasteiger charge is -2.11. The minimum absolute atomic E-state index is 0.0455. The number of rotatable bonds is 2. The van der Waals surface area contributed by atoms with Crippen molar-refractivity contribution in [3.63, 3.8) is 0 Å². The summed E-state index contributed by atoms with van der Waals surface area (Å²) in [6, 6.07) is 7.23. The highest BCUT2D eigenvalue weighted by Gasteiger charge is 2.35. The van der Waals surface area contributed by atoms with Crippen LogP contribution >= 0.6 is 11.6 Å². The lowest BCUT2D eigenvalue weighted by Crippen LogP contribution is -2.19. The Balaban J connectivity index is 1.91. The monoisotopic (exact) mass is 234 g/mol. The Bertz CT molecular complexity index is 480. The third-order valence-corrected chi connectivity index (χ3v) is 3.13. The summed E-state index contributed by atoms with van der Waals surface area (Å²) in [7, 11) is 0. The summed E-state index contributed by atoms with van der Waals surface area (Å²) in [6.07, 6.45) is 2.82. The first-order chi connectivity index (χ1) is 7.74. The highest BCUT2D eigenvalue weighted by molar-refractivity contribution is 6.31. The van der Waals surface area contributed by atoms with Crippen LogP contribution < -0.4 is 5.01 Å². The Morgan fingerprint density at radius 3 is 2.88 bits per heavy atom. The van der Waals surface area contributed by atoms with Crippen molar-refractivity contribution in [3.05, 3.63) is 29.3 Å². The maximum absolute atomic E-state index is 11.8. The van der Waals surface area contributed by atoms with Gasteiger partial charge in [-0.15, -0.1) is 0 Å². The molecule has 0 unspecified atom stereocenters. The van der Waals surface area contributed by atoms with Crippen LogP contribution in [0.25, 0.3) is 0 Å². The normalized spacial score (nSPS) is 20.2. The van der Waals surface area contributed by atoms with Crippen molar-refractivity contribution < 1.29 is 4.79 Å². The predicted molar refractivity (Wildman–Crippen MR) is 63.7 cm³/mol. The molecule has 1 amide bonds. The Morgan fingerprint density at radius 2 is 2.19 bits per heavy atom. The van der Waals surface area contributed by atoms with Gasteiger partial charge in [0.1, 0.15) is 0 Å². The van der Waals surface area contributed by atoms with Gasteiger partial charge in [0.2, 0.25) is 0 Å². The van der Waals surface area contributed by atoms with E-state index >= 15 is 0 Å². The van der Waals surface area contributed by atoms with E-state index in [1.54, 1.807) is 12.1 Å². The highest BCUT2D eigenvalue weighted by atomic mass is 35.5. The average Bonchev–Trinajstić information content (AvgIpc) is 3.02. The molecule has 1 heterocycles. The van der Waals surface area contributed by atoms with Crippen molar-refractivity contribution >= 4 is 28.9 Å². The lowest BCUT2D eigenvalue weighted by atomic mass is 10.2. The first kappa shape index (κ1) is 9.85. The molecule has 1 aliphatic heterocycles. The van der Waals surface area contributed by atoms with E-state index in [9.17, 15) is 4.79 Å². The van der Waals surface area contributed by atoms with Crippen LogP contribution in [0.15, 0.2) is 29.4 Å². The third-order valence-electron chi connectivity index (χ3n) is 2.90. The Kier molecular flexibility index (Phi) is 2.21. The molecule has 1 aliphatic carbocycles. The molecule has 0 N–H and O–H groups in total. The number of amides is 1. The van der Waals surface area contributed by atoms with Gasteiger partial charge in [-0.25, -0.2) is 5.01 Å². The van der Waals surface area contributed by atoms with Crippen LogP contribution in [0.5, 0.6) is 0 Å². The first-order valence-corrected chi connectivity index (χ1v) is 5.78. The highest BCUT2D eigenvalue weighted by Crippen LogP contribution is 2.35. The van der Waals surface area contributed by atoms with Crippen LogP contribution in [0.2, 0.25) is 5.02 Å². The maximum Gasteiger partial charge on any atom is 0.253 e. The van der Waals surface area contributed by atoms with Gasteiger partial charge < -0.3 is 0 Å². The van der Waals surface area contributed by atoms with Gasteiger partial charge in [0.25, 0.3) is 5.91 Å². The van der Waals surface area contributed by atoms with Gasteiger partial charge in [-0.2, -0.15) is 5.10 Å². The SMILES string of the molecule is O=C1CC(C2CC2)=NN1c1cccc(Cl)c1. The van der Waals surface area contributed by atoms with E-state index in [4.69, 9.17) is 11.6 Å². The molecule has 0 radical (unpaired) electrons. The minimum atomic E-state index is 0.0455. The summed E-state index contributed by atoms with van der Waals surface area (Å²) in [4.78, 5) is 11.8. The van der Waals surface area contributed by atoms with Crippen molar-refractivity contribution in [2.45, 2.75) is 19.3 Å². The molecule has 1 aromatic rings. The van der Waals surface area contributed by atoms with Crippen LogP contribution in [-0.4, -0.2) is 11.6 Å². The topological polar surface area (TPSA) is 32.7 Å². The predicted octanol–water partition coefficient (Wildman–Crippen LogP) is 2.84. The fourth-order valence-corrected chi connectivity index (χ4v) is 2.09. The molecule has 0 saturated heterocycles. The average molecular weight is 235 g/mol. The van der Waals surface area contributed by atoms with Crippen molar-refractivity contribution in [2.24, 2.45) is 11.0 Å². The zero-order valence-corrected chi connectivity index (χ0v) is 9.44. The van der Waals surface area contributed by atoms with Gasteiger partial charge >= 0.3 is 0 Å². The summed E-state index contributed by atoms with van der Waals surface area (Å²) in [5.74, 6) is 0.595. The lowest BCUT2D eigenvalue weighted by molar-refractivity contribution is -0.116. The van der Waals surface area contributed by atoms with Gasteiger partial charge in [-0.3, -0.25) is 4.79 Å². The number of benzene rings is 1. The number of carbonyl (C=O) groups is 1. The number of anilines is 1. The number of hydrazone groups is 1. The van der Waals surface area contributed by atoms with Crippen molar-refractivity contribution in [2.75, 3.05) is 5.01 Å². The number of nitrogens with zero attached hydrogens (tertiary/aromatic N) is 2. The van der Waals surface area contributed by atoms with Crippen LogP contribution in [0.4, 0.5) is 5.69 Å². The van der Waals surface area contributed by atoms with Gasteiger partial charge in [-0.1, -0.05) is 17.7 Å². The molecule has 4 heteroatoms. The third kappa shape index (κ3) is 1.71. The van der Waals surface area contributed by atoms with Crippen molar-refractivity contribution in [3.8, 4) is 0 Å². The summed E-state index contributed by atoms with van der Waals surface area (Å²) in [6.45, 7) is 0. The minimum Gasteiger partial charge on any atom is -0.272 e. The van der Waals surface area contributed by atoms with Gasteiger partial charge in [0.05, 0.1) is 17.8 Å². The Hall–Kier alpha value is -1.35. The molecule has 0 aromatic heterocycles. The Labute approximate surface area is 98.7 Å². The molecule has 82 valence electrons. The maximum atomic E-state index is 11.8. The van der Waals surface area contributed by atoms with Crippen LogP contribution in [0.1, 0.15) is 19.3 Å². The standard InChI is InChI=1S/C12H11ClN2O/c13-9-2-1-3-10(6-9)15-12(16)7-11(14-15)8-4-5-8/h1-3,6,8H,4-5,7H2.